The first kappa shape index (κ1) is 13.7. The van der Waals surface area contributed by atoms with Gasteiger partial charge in [0, 0.05) is 11.4 Å². The molecule has 0 atom stereocenters. The molecule has 0 aliphatic carbocycles. The Morgan fingerprint density at radius 2 is 2.21 bits per heavy atom. The summed E-state index contributed by atoms with van der Waals surface area (Å²) >= 11 is 1.51. The quantitative estimate of drug-likeness (QED) is 0.924. The average Bonchev–Trinajstić information content (AvgIpc) is 2.67. The summed E-state index contributed by atoms with van der Waals surface area (Å²) in [5, 5.41) is 3.38. The fourth-order valence-corrected chi connectivity index (χ4v) is 2.85. The Labute approximate surface area is 115 Å². The Bertz CT molecular complexity index is 672. The maximum Gasteiger partial charge on any atom is 0.262 e. The summed E-state index contributed by atoms with van der Waals surface area (Å²) in [5.41, 5.74) is 0.819. The number of aromatic nitrogens is 2. The van der Waals surface area contributed by atoms with Crippen LogP contribution in [0.25, 0.3) is 10.2 Å². The second-order valence-corrected chi connectivity index (χ2v) is 5.69. The van der Waals surface area contributed by atoms with Crippen molar-refractivity contribution in [2.24, 2.45) is 0 Å². The minimum absolute atomic E-state index is 0.0239. The van der Waals surface area contributed by atoms with E-state index >= 15 is 0 Å². The summed E-state index contributed by atoms with van der Waals surface area (Å²) in [6, 6.07) is 0. The van der Waals surface area contributed by atoms with Crippen LogP contribution in [0.2, 0.25) is 0 Å². The van der Waals surface area contributed by atoms with E-state index in [1.54, 1.807) is 0 Å². The molecule has 2 rings (SSSR count). The molecule has 0 radical (unpaired) electrons. The van der Waals surface area contributed by atoms with Gasteiger partial charge in [-0.25, -0.2) is 4.98 Å². The Kier molecular flexibility index (Phi) is 3.99. The van der Waals surface area contributed by atoms with E-state index < -0.39 is 0 Å². The van der Waals surface area contributed by atoms with Gasteiger partial charge in [-0.15, -0.1) is 11.3 Å². The van der Waals surface area contributed by atoms with Gasteiger partial charge in [-0.3, -0.25) is 14.2 Å². The SMILES string of the molecule is CCCNC(=O)Cn1cnc2sc(C)c(C)c2c1=O. The standard InChI is InChI=1S/C13H17N3O2S/c1-4-5-14-10(17)6-16-7-15-12-11(13(16)18)8(2)9(3)19-12/h7H,4-6H2,1-3H3,(H,14,17). The smallest absolute Gasteiger partial charge is 0.262 e. The van der Waals surface area contributed by atoms with E-state index in [0.717, 1.165) is 21.7 Å². The normalized spacial score (nSPS) is 10.9. The number of hydrogen-bond donors (Lipinski definition) is 1. The third-order valence-electron chi connectivity index (χ3n) is 3.04. The maximum atomic E-state index is 12.3. The number of nitrogens with one attached hydrogen (secondary N) is 1. The van der Waals surface area contributed by atoms with Crippen LogP contribution in [-0.2, 0) is 11.3 Å². The van der Waals surface area contributed by atoms with Crippen molar-refractivity contribution in [3.8, 4) is 0 Å². The van der Waals surface area contributed by atoms with Crippen molar-refractivity contribution in [2.75, 3.05) is 6.54 Å². The maximum absolute atomic E-state index is 12.3. The van der Waals surface area contributed by atoms with Crippen LogP contribution in [0.1, 0.15) is 23.8 Å². The highest BCUT2D eigenvalue weighted by molar-refractivity contribution is 7.18. The van der Waals surface area contributed by atoms with Crippen LogP contribution in [0.5, 0.6) is 0 Å². The van der Waals surface area contributed by atoms with Crippen LogP contribution < -0.4 is 10.9 Å². The van der Waals surface area contributed by atoms with Gasteiger partial charge in [0.05, 0.1) is 11.7 Å². The molecule has 0 saturated heterocycles. The molecule has 2 aromatic rings. The van der Waals surface area contributed by atoms with Crippen LogP contribution >= 0.6 is 11.3 Å². The molecular formula is C13H17N3O2S. The van der Waals surface area contributed by atoms with Crippen LogP contribution in [-0.4, -0.2) is 22.0 Å². The largest absolute Gasteiger partial charge is 0.355 e. The van der Waals surface area contributed by atoms with Gasteiger partial charge >= 0.3 is 0 Å². The molecule has 0 aromatic carbocycles. The second-order valence-electron chi connectivity index (χ2n) is 4.49. The molecule has 6 heteroatoms. The summed E-state index contributed by atoms with van der Waals surface area (Å²) in [5.74, 6) is -0.158. The van der Waals surface area contributed by atoms with Gasteiger partial charge in [0.25, 0.3) is 5.56 Å². The van der Waals surface area contributed by atoms with Crippen LogP contribution in [0.4, 0.5) is 0 Å². The van der Waals surface area contributed by atoms with Gasteiger partial charge in [-0.05, 0) is 25.8 Å². The topological polar surface area (TPSA) is 64.0 Å². The van der Waals surface area contributed by atoms with E-state index in [1.807, 2.05) is 20.8 Å². The minimum atomic E-state index is -0.158. The predicted molar refractivity (Wildman–Crippen MR) is 76.7 cm³/mol. The Hall–Kier alpha value is -1.69. The minimum Gasteiger partial charge on any atom is -0.355 e. The van der Waals surface area contributed by atoms with Crippen LogP contribution in [0.15, 0.2) is 11.1 Å². The fraction of sp³-hybridized carbons (Fsp3) is 0.462. The van der Waals surface area contributed by atoms with Gasteiger partial charge in [0.2, 0.25) is 5.91 Å². The molecule has 0 spiro atoms. The van der Waals surface area contributed by atoms with E-state index in [0.29, 0.717) is 11.9 Å². The number of thiophene rings is 1. The molecule has 5 nitrogen and oxygen atoms in total. The van der Waals surface area contributed by atoms with Gasteiger partial charge in [0.1, 0.15) is 11.4 Å². The number of amides is 1. The van der Waals surface area contributed by atoms with Crippen molar-refractivity contribution in [1.29, 1.82) is 0 Å². The number of fused-ring (bicyclic) bond motifs is 1. The summed E-state index contributed by atoms with van der Waals surface area (Å²) in [6.45, 7) is 6.52. The lowest BCUT2D eigenvalue weighted by Crippen LogP contribution is -2.32. The predicted octanol–water partition coefficient (Wildman–Crippen LogP) is 1.60. The number of hydrogen-bond acceptors (Lipinski definition) is 4. The van der Waals surface area contributed by atoms with Gasteiger partial charge in [-0.2, -0.15) is 0 Å². The number of rotatable bonds is 4. The van der Waals surface area contributed by atoms with Gasteiger partial charge in [0.15, 0.2) is 0 Å². The van der Waals surface area contributed by atoms with E-state index in [4.69, 9.17) is 0 Å². The first-order valence-corrected chi connectivity index (χ1v) is 7.08. The van der Waals surface area contributed by atoms with Crippen LogP contribution in [0, 0.1) is 13.8 Å². The molecule has 0 bridgehead atoms. The van der Waals surface area contributed by atoms with Gasteiger partial charge < -0.3 is 5.32 Å². The summed E-state index contributed by atoms with van der Waals surface area (Å²) in [6.07, 6.45) is 2.33. The second kappa shape index (κ2) is 5.52. The number of carbonyl (C=O) groups is 1. The van der Waals surface area contributed by atoms with Crippen molar-refractivity contribution in [3.05, 3.63) is 27.1 Å². The lowest BCUT2D eigenvalue weighted by atomic mass is 10.2. The molecule has 1 N–H and O–H groups in total. The molecule has 0 aliphatic rings. The zero-order chi connectivity index (χ0) is 14.0. The lowest BCUT2D eigenvalue weighted by molar-refractivity contribution is -0.121. The summed E-state index contributed by atoms with van der Waals surface area (Å²) in [7, 11) is 0. The van der Waals surface area contributed by atoms with Gasteiger partial charge in [-0.1, -0.05) is 6.92 Å². The number of nitrogens with zero attached hydrogens (tertiary/aromatic N) is 2. The molecule has 1 amide bonds. The highest BCUT2D eigenvalue weighted by atomic mass is 32.1. The van der Waals surface area contributed by atoms with Crippen LogP contribution in [0.3, 0.4) is 0 Å². The van der Waals surface area contributed by atoms with Crippen molar-refractivity contribution in [2.45, 2.75) is 33.7 Å². The molecule has 2 aromatic heterocycles. The van der Waals surface area contributed by atoms with E-state index in [1.165, 1.54) is 22.2 Å². The Balaban J connectivity index is 2.35. The van der Waals surface area contributed by atoms with Crippen molar-refractivity contribution in [1.82, 2.24) is 14.9 Å². The van der Waals surface area contributed by atoms with E-state index in [2.05, 4.69) is 10.3 Å². The molecule has 19 heavy (non-hydrogen) atoms. The molecular weight excluding hydrogens is 262 g/mol. The molecule has 2 heterocycles. The zero-order valence-corrected chi connectivity index (χ0v) is 12.1. The number of carbonyl (C=O) groups excluding carboxylic acids is 1. The first-order valence-electron chi connectivity index (χ1n) is 6.26. The number of aryl methyl sites for hydroxylation is 2. The average molecular weight is 279 g/mol. The van der Waals surface area contributed by atoms with Crippen molar-refractivity contribution >= 4 is 27.5 Å². The third-order valence-corrected chi connectivity index (χ3v) is 4.16. The van der Waals surface area contributed by atoms with E-state index in [-0.39, 0.29) is 18.0 Å². The lowest BCUT2D eigenvalue weighted by Gasteiger charge is -2.06. The zero-order valence-electron chi connectivity index (χ0n) is 11.3. The summed E-state index contributed by atoms with van der Waals surface area (Å²) < 4.78 is 1.37. The molecule has 0 unspecified atom stereocenters. The van der Waals surface area contributed by atoms with Crippen molar-refractivity contribution < 1.29 is 4.79 Å². The third kappa shape index (κ3) is 2.68. The summed E-state index contributed by atoms with van der Waals surface area (Å²) in [4.78, 5) is 30.1. The monoisotopic (exact) mass is 279 g/mol. The molecule has 0 saturated carbocycles. The first-order chi connectivity index (χ1) is 9.04. The molecule has 0 fully saturated rings. The Morgan fingerprint density at radius 1 is 1.47 bits per heavy atom. The van der Waals surface area contributed by atoms with E-state index in [9.17, 15) is 9.59 Å². The van der Waals surface area contributed by atoms with Crippen molar-refractivity contribution in [3.63, 3.8) is 0 Å². The fourth-order valence-electron chi connectivity index (χ4n) is 1.86. The molecule has 0 aliphatic heterocycles. The highest BCUT2D eigenvalue weighted by Gasteiger charge is 2.13. The Morgan fingerprint density at radius 3 is 2.89 bits per heavy atom. The highest BCUT2D eigenvalue weighted by Crippen LogP contribution is 2.25. The molecule has 102 valence electrons.